The number of nitrogens with one attached hydrogen (secondary N) is 2. The van der Waals surface area contributed by atoms with Gasteiger partial charge in [-0.3, -0.25) is 20.4 Å². The molecule has 0 saturated carbocycles. The largest absolute Gasteiger partial charge is 0.420 e. The van der Waals surface area contributed by atoms with Crippen molar-refractivity contribution < 1.29 is 24.2 Å². The van der Waals surface area contributed by atoms with Crippen LogP contribution in [-0.2, 0) is 17.6 Å². The van der Waals surface area contributed by atoms with Crippen molar-refractivity contribution in [3.05, 3.63) is 176 Å². The summed E-state index contributed by atoms with van der Waals surface area (Å²) in [4.78, 5) is 31.9. The van der Waals surface area contributed by atoms with Crippen LogP contribution >= 0.6 is 23.2 Å². The number of aliphatic hydroxyl groups is 2. The van der Waals surface area contributed by atoms with Gasteiger partial charge in [0.15, 0.2) is 0 Å². The fourth-order valence-corrected chi connectivity index (χ4v) is 7.06. The van der Waals surface area contributed by atoms with Crippen molar-refractivity contribution in [2.45, 2.75) is 58.7 Å². The number of carbonyl (C=O) groups excluding carboxylic acids is 2. The quantitative estimate of drug-likeness (QED) is 0.0691. The zero-order chi connectivity index (χ0) is 45.2. The fraction of sp³-hybridized carbons (Fsp3) is 0.217. The van der Waals surface area contributed by atoms with E-state index in [1.165, 1.54) is 6.92 Å². The Bertz CT molecular complexity index is 2760. The van der Waals surface area contributed by atoms with Crippen molar-refractivity contribution in [3.63, 3.8) is 0 Å². The lowest BCUT2D eigenvalue weighted by atomic mass is 9.91. The second kappa shape index (κ2) is 20.6. The molecule has 17 heteroatoms. The predicted octanol–water partition coefficient (Wildman–Crippen LogP) is 8.53. The Morgan fingerprint density at radius 1 is 0.730 bits per heavy atom. The van der Waals surface area contributed by atoms with Crippen LogP contribution in [0.2, 0.25) is 10.0 Å². The Kier molecular flexibility index (Phi) is 14.9. The number of amides is 2. The molecule has 320 valence electrons. The number of hydrogen-bond donors (Lipinski definition) is 4. The molecule has 3 aromatic heterocycles. The van der Waals surface area contributed by atoms with Gasteiger partial charge in [-0.05, 0) is 123 Å². The first-order valence-corrected chi connectivity index (χ1v) is 20.4. The summed E-state index contributed by atoms with van der Waals surface area (Å²) in [6.45, 7) is 21.2. The molecular weight excluding hydrogens is 843 g/mol. The number of rotatable bonds is 12. The maximum Gasteiger partial charge on any atom is 0.269 e. The molecule has 3 heterocycles. The van der Waals surface area contributed by atoms with Gasteiger partial charge in [-0.2, -0.15) is 10.2 Å². The van der Waals surface area contributed by atoms with E-state index in [1.54, 1.807) is 90.3 Å². The van der Waals surface area contributed by atoms with Gasteiger partial charge in [0.2, 0.25) is 29.1 Å². The minimum atomic E-state index is -0.973. The summed E-state index contributed by atoms with van der Waals surface area (Å²) < 4.78 is 9.35. The van der Waals surface area contributed by atoms with Crippen LogP contribution in [-0.4, -0.2) is 64.0 Å². The van der Waals surface area contributed by atoms with E-state index < -0.39 is 35.9 Å². The summed E-state index contributed by atoms with van der Waals surface area (Å²) in [5, 5.41) is 38.0. The van der Waals surface area contributed by atoms with E-state index in [-0.39, 0.29) is 6.42 Å². The van der Waals surface area contributed by atoms with Crippen molar-refractivity contribution in [1.29, 1.82) is 0 Å². The molecule has 0 saturated heterocycles. The standard InChI is InChI=1S/C23H22ClN5O3.C23H20ClN5O2/c1-14-17(7-10-20(25-3)21(14)24)13-19(15(2)30)23(32)28-27-22(31)16-5-8-18(9-6-16)29-12-4-11-26-29;1-14-17(7-10-20(25-3)21(14)24)13-19(15(2)30)23-28-27-22(31-23)16-5-8-18(9-6-16)29-12-4-11-26-29/h4-12,15,19,30H,13H2,1-2H3,(H,27,31)(H,28,32);4-12,15,19,30H,13H2,1-2H3/t2*15-,19+/m00/s1. The molecule has 2 amide bonds. The normalized spacial score (nSPS) is 12.7. The summed E-state index contributed by atoms with van der Waals surface area (Å²) in [6.07, 6.45) is 6.00. The minimum absolute atomic E-state index is 0.196. The zero-order valence-electron chi connectivity index (χ0n) is 34.6. The van der Waals surface area contributed by atoms with Crippen molar-refractivity contribution in [2.24, 2.45) is 5.92 Å². The first kappa shape index (κ1) is 45.4. The third-order valence-electron chi connectivity index (χ3n) is 10.4. The van der Waals surface area contributed by atoms with E-state index in [1.807, 2.05) is 49.5 Å². The number of halogens is 2. The van der Waals surface area contributed by atoms with Crippen molar-refractivity contribution in [3.8, 4) is 22.8 Å². The number of benzene rings is 4. The highest BCUT2D eigenvalue weighted by atomic mass is 35.5. The third-order valence-corrected chi connectivity index (χ3v) is 11.4. The highest BCUT2D eigenvalue weighted by molar-refractivity contribution is 6.34. The molecule has 7 rings (SSSR count). The van der Waals surface area contributed by atoms with E-state index in [2.05, 4.69) is 40.9 Å². The molecule has 0 radical (unpaired) electrons. The Morgan fingerprint density at radius 3 is 1.73 bits per heavy atom. The van der Waals surface area contributed by atoms with E-state index in [0.717, 1.165) is 33.6 Å². The van der Waals surface area contributed by atoms with Crippen LogP contribution < -0.4 is 10.9 Å². The minimum Gasteiger partial charge on any atom is -0.420 e. The topological polar surface area (TPSA) is 182 Å². The molecule has 4 aromatic carbocycles. The smallest absolute Gasteiger partial charge is 0.269 e. The molecule has 0 aliphatic heterocycles. The molecule has 0 aliphatic rings. The third kappa shape index (κ3) is 10.9. The van der Waals surface area contributed by atoms with Crippen molar-refractivity contribution >= 4 is 46.4 Å². The Balaban J connectivity index is 0.000000210. The first-order valence-electron chi connectivity index (χ1n) is 19.6. The molecule has 63 heavy (non-hydrogen) atoms. The molecule has 7 aromatic rings. The first-order chi connectivity index (χ1) is 30.3. The summed E-state index contributed by atoms with van der Waals surface area (Å²) in [7, 11) is 0. The number of aromatic nitrogens is 6. The number of carbonyl (C=O) groups is 2. The molecule has 0 spiro atoms. The van der Waals surface area contributed by atoms with Crippen LogP contribution in [0.3, 0.4) is 0 Å². The number of nitrogens with zero attached hydrogens (tertiary/aromatic N) is 8. The van der Waals surface area contributed by atoms with Crippen LogP contribution in [0.4, 0.5) is 11.4 Å². The molecule has 0 bridgehead atoms. The molecule has 0 fully saturated rings. The Labute approximate surface area is 373 Å². The molecular formula is C46H42Cl2N10O5. The average Bonchev–Trinajstić information content (AvgIpc) is 4.12. The highest BCUT2D eigenvalue weighted by Crippen LogP contribution is 2.35. The van der Waals surface area contributed by atoms with Gasteiger partial charge in [-0.25, -0.2) is 19.1 Å². The zero-order valence-corrected chi connectivity index (χ0v) is 36.1. The Morgan fingerprint density at radius 2 is 1.25 bits per heavy atom. The lowest BCUT2D eigenvalue weighted by molar-refractivity contribution is -0.128. The van der Waals surface area contributed by atoms with Gasteiger partial charge in [0.25, 0.3) is 5.91 Å². The van der Waals surface area contributed by atoms with Crippen LogP contribution in [0.15, 0.2) is 114 Å². The van der Waals surface area contributed by atoms with Gasteiger partial charge in [0.05, 0.1) is 58.6 Å². The van der Waals surface area contributed by atoms with Crippen LogP contribution in [0.1, 0.15) is 58.3 Å². The lowest BCUT2D eigenvalue weighted by Crippen LogP contribution is -2.47. The Hall–Kier alpha value is -7.14. The summed E-state index contributed by atoms with van der Waals surface area (Å²) in [5.74, 6) is -1.53. The average molecular weight is 886 g/mol. The fourth-order valence-electron chi connectivity index (χ4n) is 6.61. The molecule has 0 unspecified atom stereocenters. The van der Waals surface area contributed by atoms with E-state index >= 15 is 0 Å². The monoisotopic (exact) mass is 884 g/mol. The van der Waals surface area contributed by atoms with Gasteiger partial charge in [0, 0.05) is 35.9 Å². The van der Waals surface area contributed by atoms with E-state index in [9.17, 15) is 19.8 Å². The van der Waals surface area contributed by atoms with Gasteiger partial charge in [-0.15, -0.1) is 10.2 Å². The van der Waals surface area contributed by atoms with Gasteiger partial charge >= 0.3 is 0 Å². The second-order valence-corrected chi connectivity index (χ2v) is 15.3. The molecule has 4 N–H and O–H groups in total. The number of hydrogen-bond acceptors (Lipinski definition) is 9. The number of aliphatic hydroxyl groups excluding tert-OH is 2. The summed E-state index contributed by atoms with van der Waals surface area (Å²) in [5.41, 5.74) is 11.5. The highest BCUT2D eigenvalue weighted by Gasteiger charge is 2.27. The number of hydrazine groups is 1. The van der Waals surface area contributed by atoms with Crippen LogP contribution in [0.5, 0.6) is 0 Å². The molecule has 0 aliphatic carbocycles. The van der Waals surface area contributed by atoms with Crippen LogP contribution in [0, 0.1) is 32.9 Å². The summed E-state index contributed by atoms with van der Waals surface area (Å²) >= 11 is 12.5. The maximum absolute atomic E-state index is 12.7. The second-order valence-electron chi connectivity index (χ2n) is 14.6. The van der Waals surface area contributed by atoms with E-state index in [4.69, 9.17) is 40.8 Å². The predicted molar refractivity (Wildman–Crippen MR) is 238 cm³/mol. The van der Waals surface area contributed by atoms with Crippen LogP contribution in [0.25, 0.3) is 32.5 Å². The van der Waals surface area contributed by atoms with E-state index in [0.29, 0.717) is 50.7 Å². The SMILES string of the molecule is [C-]#[N+]c1ccc(C[C@@H](C(=O)NNC(=O)c2ccc(-n3cccn3)cc2)[C@H](C)O)c(C)c1Cl.[C-]#[N+]c1ccc(C[C@@H](c2nnc(-c3ccc(-n4cccn4)cc3)o2)[C@H](C)O)c(C)c1Cl. The maximum atomic E-state index is 12.7. The molecule has 4 atom stereocenters. The van der Waals surface area contributed by atoms with Gasteiger partial charge < -0.3 is 14.6 Å². The van der Waals surface area contributed by atoms with Crippen molar-refractivity contribution in [2.75, 3.05) is 0 Å². The molecule has 15 nitrogen and oxygen atoms in total. The lowest BCUT2D eigenvalue weighted by Gasteiger charge is -2.21. The van der Waals surface area contributed by atoms with Crippen molar-refractivity contribution in [1.82, 2.24) is 40.6 Å². The summed E-state index contributed by atoms with van der Waals surface area (Å²) in [6, 6.07) is 24.8. The van der Waals surface area contributed by atoms with Gasteiger partial charge in [0.1, 0.15) is 0 Å². The van der Waals surface area contributed by atoms with Gasteiger partial charge in [-0.1, -0.05) is 47.5 Å².